The molecule has 11 heteroatoms. The van der Waals surface area contributed by atoms with Crippen LogP contribution in [-0.4, -0.2) is 115 Å². The maximum Gasteiger partial charge on any atom is 0.186 e. The highest BCUT2D eigenvalue weighted by Crippen LogP contribution is 2.72. The van der Waals surface area contributed by atoms with Crippen molar-refractivity contribution in [2.75, 3.05) is 13.2 Å². The van der Waals surface area contributed by atoms with Crippen molar-refractivity contribution in [1.82, 2.24) is 0 Å². The first kappa shape index (κ1) is 31.2. The second-order valence-corrected chi connectivity index (χ2v) is 15.9. The number of rotatable bonds is 2. The third-order valence-corrected chi connectivity index (χ3v) is 14.1. The summed E-state index contributed by atoms with van der Waals surface area (Å²) in [5.41, 5.74) is -2.98. The van der Waals surface area contributed by atoms with Crippen LogP contribution in [0.3, 0.4) is 0 Å². The third kappa shape index (κ3) is 4.06. The molecule has 3 aliphatic heterocycles. The van der Waals surface area contributed by atoms with E-state index in [2.05, 4.69) is 20.8 Å². The second kappa shape index (κ2) is 10.3. The lowest BCUT2D eigenvalue weighted by Gasteiger charge is -2.67. The average Bonchev–Trinajstić information content (AvgIpc) is 3.42. The highest BCUT2D eigenvalue weighted by molar-refractivity contribution is 5.23. The van der Waals surface area contributed by atoms with Gasteiger partial charge in [-0.25, -0.2) is 0 Å². The van der Waals surface area contributed by atoms with Gasteiger partial charge >= 0.3 is 0 Å². The van der Waals surface area contributed by atoms with Gasteiger partial charge in [0.1, 0.15) is 42.2 Å². The molecule has 19 atom stereocenters. The van der Waals surface area contributed by atoms with E-state index < -0.39 is 65.8 Å². The Hall–Kier alpha value is -0.440. The minimum Gasteiger partial charge on any atom is -0.388 e. The number of fused-ring (bicyclic) bond motifs is 7. The van der Waals surface area contributed by atoms with Crippen molar-refractivity contribution in [1.29, 1.82) is 0 Å². The number of hydrogen-bond donors (Lipinski definition) is 7. The summed E-state index contributed by atoms with van der Waals surface area (Å²) in [6.45, 7) is 9.18. The molecule has 3 heterocycles. The quantitative estimate of drug-likeness (QED) is 0.228. The van der Waals surface area contributed by atoms with E-state index in [0.29, 0.717) is 24.2 Å². The smallest absolute Gasteiger partial charge is 0.186 e. The molecular formula is C32H52O11. The maximum atomic E-state index is 12.3. The van der Waals surface area contributed by atoms with Gasteiger partial charge in [-0.3, -0.25) is 0 Å². The molecule has 3 saturated heterocycles. The molecule has 0 radical (unpaired) electrons. The van der Waals surface area contributed by atoms with Crippen LogP contribution in [-0.2, 0) is 18.9 Å². The monoisotopic (exact) mass is 612 g/mol. The Morgan fingerprint density at radius 1 is 0.791 bits per heavy atom. The van der Waals surface area contributed by atoms with Crippen LogP contribution in [0.15, 0.2) is 0 Å². The molecule has 7 fully saturated rings. The fourth-order valence-corrected chi connectivity index (χ4v) is 11.6. The van der Waals surface area contributed by atoms with E-state index in [-0.39, 0.29) is 42.3 Å². The number of hydrogen-bond acceptors (Lipinski definition) is 11. The van der Waals surface area contributed by atoms with Crippen LogP contribution in [0.4, 0.5) is 0 Å². The molecule has 0 aromatic rings. The zero-order valence-electron chi connectivity index (χ0n) is 25.8. The lowest BCUT2D eigenvalue weighted by molar-refractivity contribution is -0.368. The van der Waals surface area contributed by atoms with Crippen LogP contribution in [0.1, 0.15) is 72.6 Å². The number of ether oxygens (including phenoxy) is 4. The van der Waals surface area contributed by atoms with E-state index in [1.807, 2.05) is 6.92 Å². The van der Waals surface area contributed by atoms with Gasteiger partial charge in [-0.05, 0) is 73.5 Å². The Morgan fingerprint density at radius 2 is 1.53 bits per heavy atom. The molecule has 0 aromatic heterocycles. The van der Waals surface area contributed by atoms with Gasteiger partial charge in [0.05, 0.1) is 25.4 Å². The van der Waals surface area contributed by atoms with Crippen LogP contribution in [0.25, 0.3) is 0 Å². The highest BCUT2D eigenvalue weighted by atomic mass is 16.7. The van der Waals surface area contributed by atoms with E-state index in [1.165, 1.54) is 0 Å². The molecule has 0 amide bonds. The Kier molecular flexibility index (Phi) is 7.45. The summed E-state index contributed by atoms with van der Waals surface area (Å²) < 4.78 is 25.1. The molecule has 0 aromatic carbocycles. The fourth-order valence-electron chi connectivity index (χ4n) is 11.6. The minimum absolute atomic E-state index is 0.00230. The summed E-state index contributed by atoms with van der Waals surface area (Å²) in [6.07, 6.45) is -6.43. The van der Waals surface area contributed by atoms with Gasteiger partial charge in [0.2, 0.25) is 0 Å². The molecule has 0 bridgehead atoms. The Bertz CT molecular complexity index is 1070. The summed E-state index contributed by atoms with van der Waals surface area (Å²) in [5.74, 6) is 0.888. The summed E-state index contributed by atoms with van der Waals surface area (Å²) in [6, 6.07) is 0. The van der Waals surface area contributed by atoms with Crippen molar-refractivity contribution < 1.29 is 54.7 Å². The lowest BCUT2D eigenvalue weighted by atomic mass is 9.41. The molecule has 1 spiro atoms. The van der Waals surface area contributed by atoms with Crippen molar-refractivity contribution in [3.8, 4) is 0 Å². The molecule has 7 N–H and O–H groups in total. The first-order valence-corrected chi connectivity index (χ1v) is 16.6. The Morgan fingerprint density at radius 3 is 2.23 bits per heavy atom. The molecule has 4 saturated carbocycles. The van der Waals surface area contributed by atoms with E-state index in [1.54, 1.807) is 0 Å². The van der Waals surface area contributed by atoms with E-state index in [9.17, 15) is 35.7 Å². The molecular weight excluding hydrogens is 560 g/mol. The Labute approximate surface area is 253 Å². The van der Waals surface area contributed by atoms with Gasteiger partial charge < -0.3 is 54.7 Å². The van der Waals surface area contributed by atoms with E-state index in [4.69, 9.17) is 18.9 Å². The summed E-state index contributed by atoms with van der Waals surface area (Å²) in [7, 11) is 0. The van der Waals surface area contributed by atoms with Crippen LogP contribution in [0, 0.1) is 46.3 Å². The van der Waals surface area contributed by atoms with Gasteiger partial charge in [0.25, 0.3) is 0 Å². The average molecular weight is 613 g/mol. The maximum absolute atomic E-state index is 12.3. The standard InChI is InChI=1S/C32H52O11/c1-14-5-10-32(41-12-14)15(2)21-20(43-32)11-18-16-6-9-31(39)26(38)23(35)24(36)27(30(31,4)17(16)7-8-29(18,21)3)42-28-25(37)22(34)19(33)13-40-28/h14-28,33-39H,5-13H2,1-4H3/t14-,15+,16-,17+,18+,19-,20?,21?,22+,23+,24-,25-,26+,27-,28+,29+,30+,31+,32-/m1/s1. The van der Waals surface area contributed by atoms with Crippen molar-refractivity contribution >= 4 is 0 Å². The molecule has 4 aliphatic carbocycles. The number of aliphatic hydroxyl groups excluding tert-OH is 6. The van der Waals surface area contributed by atoms with Crippen LogP contribution in [0.5, 0.6) is 0 Å². The van der Waals surface area contributed by atoms with Crippen molar-refractivity contribution in [3.63, 3.8) is 0 Å². The third-order valence-electron chi connectivity index (χ3n) is 14.1. The predicted molar refractivity (Wildman–Crippen MR) is 150 cm³/mol. The lowest BCUT2D eigenvalue weighted by Crippen LogP contribution is -2.78. The highest BCUT2D eigenvalue weighted by Gasteiger charge is 2.75. The van der Waals surface area contributed by atoms with Gasteiger partial charge in [-0.1, -0.05) is 27.7 Å². The largest absolute Gasteiger partial charge is 0.388 e. The SMILES string of the molecule is C[C@@H]1CC[C@@]2(OC1)OC1C[C@H]3[C@@H]4CC[C@]5(O)[C@@H](O)[C@@H](O)[C@@H](O)[C@@H](O[C@@H]6OC[C@@H](O)[C@H](O)[C@H]6O)[C@]5(C)[C@H]4CC[C@]3(C)C1[C@@H]2C. The predicted octanol–water partition coefficient (Wildman–Crippen LogP) is 0.284. The normalized spacial score (nSPS) is 63.3. The molecule has 11 nitrogen and oxygen atoms in total. The second-order valence-electron chi connectivity index (χ2n) is 15.9. The Balaban J connectivity index is 1.20. The molecule has 7 aliphatic rings. The zero-order chi connectivity index (χ0) is 30.9. The van der Waals surface area contributed by atoms with Gasteiger partial charge in [0.15, 0.2) is 12.1 Å². The summed E-state index contributed by atoms with van der Waals surface area (Å²) in [5, 5.41) is 76.8. The van der Waals surface area contributed by atoms with Crippen LogP contribution in [0.2, 0.25) is 0 Å². The summed E-state index contributed by atoms with van der Waals surface area (Å²) >= 11 is 0. The van der Waals surface area contributed by atoms with E-state index >= 15 is 0 Å². The van der Waals surface area contributed by atoms with Crippen LogP contribution >= 0.6 is 0 Å². The van der Waals surface area contributed by atoms with Crippen molar-refractivity contribution in [2.24, 2.45) is 46.3 Å². The van der Waals surface area contributed by atoms with Crippen molar-refractivity contribution in [3.05, 3.63) is 0 Å². The first-order chi connectivity index (χ1) is 20.2. The fraction of sp³-hybridized carbons (Fsp3) is 1.00. The van der Waals surface area contributed by atoms with E-state index in [0.717, 1.165) is 38.7 Å². The molecule has 7 rings (SSSR count). The van der Waals surface area contributed by atoms with Crippen LogP contribution < -0.4 is 0 Å². The summed E-state index contributed by atoms with van der Waals surface area (Å²) in [4.78, 5) is 0. The minimum atomic E-state index is -1.77. The van der Waals surface area contributed by atoms with Gasteiger partial charge in [-0.2, -0.15) is 0 Å². The van der Waals surface area contributed by atoms with Gasteiger partial charge in [-0.15, -0.1) is 0 Å². The molecule has 43 heavy (non-hydrogen) atoms. The number of aliphatic hydroxyl groups is 7. The zero-order valence-corrected chi connectivity index (χ0v) is 25.8. The van der Waals surface area contributed by atoms with Crippen molar-refractivity contribution in [2.45, 2.75) is 139 Å². The first-order valence-electron chi connectivity index (χ1n) is 16.6. The molecule has 2 unspecified atom stereocenters. The topological polar surface area (TPSA) is 179 Å². The molecule has 246 valence electrons. The van der Waals surface area contributed by atoms with Gasteiger partial charge in [0, 0.05) is 17.8 Å².